The van der Waals surface area contributed by atoms with Crippen molar-refractivity contribution in [3.05, 3.63) is 47.5 Å². The Kier molecular flexibility index (Phi) is 3.02. The zero-order valence-corrected chi connectivity index (χ0v) is 10.6. The average molecular weight is 227 g/mol. The molecule has 17 heavy (non-hydrogen) atoms. The standard InChI is InChI=1S/C16H21N/c1-13(14-7-3-2-4-8-14)17-12-6-10-15-9-5-11-16(15)17/h2-4,7-9,13,16H,5-6,10-12H2,1H3/t13-,16+/m0/s1. The Balaban J connectivity index is 1.82. The van der Waals surface area contributed by atoms with E-state index in [1.165, 1.54) is 37.8 Å². The third kappa shape index (κ3) is 2.04. The minimum atomic E-state index is 0.558. The molecule has 1 fully saturated rings. The van der Waals surface area contributed by atoms with Crippen molar-refractivity contribution in [2.45, 2.75) is 44.7 Å². The number of hydrogen-bond donors (Lipinski definition) is 0. The first kappa shape index (κ1) is 11.0. The van der Waals surface area contributed by atoms with Gasteiger partial charge >= 0.3 is 0 Å². The van der Waals surface area contributed by atoms with Crippen LogP contribution < -0.4 is 0 Å². The van der Waals surface area contributed by atoms with Crippen LogP contribution in [-0.4, -0.2) is 17.5 Å². The van der Waals surface area contributed by atoms with E-state index in [1.807, 2.05) is 0 Å². The van der Waals surface area contributed by atoms with Crippen LogP contribution in [0.4, 0.5) is 0 Å². The number of benzene rings is 1. The highest BCUT2D eigenvalue weighted by molar-refractivity contribution is 5.23. The lowest BCUT2D eigenvalue weighted by Crippen LogP contribution is -2.41. The van der Waals surface area contributed by atoms with Crippen molar-refractivity contribution in [2.75, 3.05) is 6.54 Å². The highest BCUT2D eigenvalue weighted by Crippen LogP contribution is 2.36. The fraction of sp³-hybridized carbons (Fsp3) is 0.500. The third-order valence-electron chi connectivity index (χ3n) is 4.34. The largest absolute Gasteiger partial charge is 0.290 e. The number of piperidine rings is 1. The van der Waals surface area contributed by atoms with Crippen LogP contribution in [0.2, 0.25) is 0 Å². The number of rotatable bonds is 2. The summed E-state index contributed by atoms with van der Waals surface area (Å²) in [5, 5.41) is 0. The second-order valence-corrected chi connectivity index (χ2v) is 5.30. The van der Waals surface area contributed by atoms with Crippen LogP contribution in [0.3, 0.4) is 0 Å². The van der Waals surface area contributed by atoms with Gasteiger partial charge in [-0.1, -0.05) is 42.0 Å². The molecular formula is C16H21N. The molecule has 1 saturated heterocycles. The molecule has 1 heterocycles. The van der Waals surface area contributed by atoms with Gasteiger partial charge in [0, 0.05) is 12.1 Å². The van der Waals surface area contributed by atoms with Crippen LogP contribution in [0, 0.1) is 0 Å². The average Bonchev–Trinajstić information content (AvgIpc) is 2.87. The number of hydrogen-bond acceptors (Lipinski definition) is 1. The lowest BCUT2D eigenvalue weighted by Gasteiger charge is -2.39. The van der Waals surface area contributed by atoms with Crippen LogP contribution in [0.15, 0.2) is 42.0 Å². The van der Waals surface area contributed by atoms with Gasteiger partial charge < -0.3 is 0 Å². The van der Waals surface area contributed by atoms with Crippen LogP contribution in [0.5, 0.6) is 0 Å². The fourth-order valence-electron chi connectivity index (χ4n) is 3.40. The molecule has 0 radical (unpaired) electrons. The molecule has 0 spiro atoms. The maximum absolute atomic E-state index is 2.71. The lowest BCUT2D eigenvalue weighted by atomic mass is 9.94. The Bertz CT molecular complexity index is 407. The van der Waals surface area contributed by atoms with Crippen LogP contribution >= 0.6 is 0 Å². The van der Waals surface area contributed by atoms with Gasteiger partial charge in [0.25, 0.3) is 0 Å². The number of allylic oxidation sites excluding steroid dienone is 1. The van der Waals surface area contributed by atoms with E-state index in [0.717, 1.165) is 6.04 Å². The minimum absolute atomic E-state index is 0.558. The summed E-state index contributed by atoms with van der Waals surface area (Å²) in [6.07, 6.45) is 7.78. The summed E-state index contributed by atoms with van der Waals surface area (Å²) in [6, 6.07) is 12.2. The summed E-state index contributed by atoms with van der Waals surface area (Å²) in [6.45, 7) is 3.62. The van der Waals surface area contributed by atoms with E-state index in [-0.39, 0.29) is 0 Å². The molecule has 0 unspecified atom stereocenters. The van der Waals surface area contributed by atoms with E-state index in [1.54, 1.807) is 5.57 Å². The maximum Gasteiger partial charge on any atom is 0.0325 e. The van der Waals surface area contributed by atoms with Crippen molar-refractivity contribution >= 4 is 0 Å². The van der Waals surface area contributed by atoms with Crippen molar-refractivity contribution in [3.8, 4) is 0 Å². The van der Waals surface area contributed by atoms with Gasteiger partial charge in [-0.2, -0.15) is 0 Å². The van der Waals surface area contributed by atoms with E-state index >= 15 is 0 Å². The molecule has 1 heteroatoms. The molecule has 2 atom stereocenters. The Morgan fingerprint density at radius 3 is 2.88 bits per heavy atom. The second-order valence-electron chi connectivity index (χ2n) is 5.30. The maximum atomic E-state index is 2.71. The van der Waals surface area contributed by atoms with Crippen molar-refractivity contribution in [2.24, 2.45) is 0 Å². The van der Waals surface area contributed by atoms with Gasteiger partial charge in [0.05, 0.1) is 0 Å². The highest BCUT2D eigenvalue weighted by atomic mass is 15.2. The smallest absolute Gasteiger partial charge is 0.0325 e. The minimum Gasteiger partial charge on any atom is -0.290 e. The van der Waals surface area contributed by atoms with Crippen LogP contribution in [-0.2, 0) is 0 Å². The molecule has 0 aromatic heterocycles. The zero-order valence-electron chi connectivity index (χ0n) is 10.6. The third-order valence-corrected chi connectivity index (χ3v) is 4.34. The molecule has 1 nitrogen and oxygen atoms in total. The number of likely N-dealkylation sites (tertiary alicyclic amines) is 1. The second kappa shape index (κ2) is 4.66. The highest BCUT2D eigenvalue weighted by Gasteiger charge is 2.32. The quantitative estimate of drug-likeness (QED) is 0.692. The molecule has 1 aromatic rings. The zero-order chi connectivity index (χ0) is 11.7. The molecule has 0 amide bonds. The molecule has 0 saturated carbocycles. The van der Waals surface area contributed by atoms with Gasteiger partial charge in [0.1, 0.15) is 0 Å². The summed E-state index contributed by atoms with van der Waals surface area (Å²) in [4.78, 5) is 2.71. The predicted molar refractivity (Wildman–Crippen MR) is 71.9 cm³/mol. The van der Waals surface area contributed by atoms with Gasteiger partial charge in [-0.05, 0) is 44.7 Å². The van der Waals surface area contributed by atoms with Crippen molar-refractivity contribution in [1.29, 1.82) is 0 Å². The van der Waals surface area contributed by atoms with Gasteiger partial charge in [0.2, 0.25) is 0 Å². The molecule has 1 aromatic carbocycles. The Hall–Kier alpha value is -1.08. The molecule has 90 valence electrons. The number of nitrogens with zero attached hydrogens (tertiary/aromatic N) is 1. The summed E-state index contributed by atoms with van der Waals surface area (Å²) < 4.78 is 0. The van der Waals surface area contributed by atoms with Crippen molar-refractivity contribution in [3.63, 3.8) is 0 Å². The lowest BCUT2D eigenvalue weighted by molar-refractivity contribution is 0.140. The summed E-state index contributed by atoms with van der Waals surface area (Å²) in [5.41, 5.74) is 3.17. The monoisotopic (exact) mass is 227 g/mol. The van der Waals surface area contributed by atoms with Crippen LogP contribution in [0.1, 0.15) is 44.2 Å². The van der Waals surface area contributed by atoms with Gasteiger partial charge in [-0.3, -0.25) is 4.90 Å². The van der Waals surface area contributed by atoms with E-state index < -0.39 is 0 Å². The van der Waals surface area contributed by atoms with E-state index in [2.05, 4.69) is 48.2 Å². The van der Waals surface area contributed by atoms with E-state index in [9.17, 15) is 0 Å². The topological polar surface area (TPSA) is 3.24 Å². The molecule has 1 aliphatic heterocycles. The van der Waals surface area contributed by atoms with Crippen molar-refractivity contribution < 1.29 is 0 Å². The molecule has 0 N–H and O–H groups in total. The molecule has 1 aliphatic carbocycles. The van der Waals surface area contributed by atoms with E-state index in [0.29, 0.717) is 6.04 Å². The Morgan fingerprint density at radius 2 is 2.06 bits per heavy atom. The molecular weight excluding hydrogens is 206 g/mol. The van der Waals surface area contributed by atoms with Crippen LogP contribution in [0.25, 0.3) is 0 Å². The normalized spacial score (nSPS) is 26.4. The molecule has 2 aliphatic rings. The summed E-state index contributed by atoms with van der Waals surface area (Å²) in [7, 11) is 0. The van der Waals surface area contributed by atoms with Gasteiger partial charge in [-0.15, -0.1) is 0 Å². The first-order chi connectivity index (χ1) is 8.36. The summed E-state index contributed by atoms with van der Waals surface area (Å²) >= 11 is 0. The van der Waals surface area contributed by atoms with Crippen molar-refractivity contribution in [1.82, 2.24) is 4.90 Å². The number of fused-ring (bicyclic) bond motifs is 1. The predicted octanol–water partition coefficient (Wildman–Crippen LogP) is 3.93. The van der Waals surface area contributed by atoms with E-state index in [4.69, 9.17) is 0 Å². The molecule has 0 bridgehead atoms. The first-order valence-electron chi connectivity index (χ1n) is 6.86. The van der Waals surface area contributed by atoms with Gasteiger partial charge in [0.15, 0.2) is 0 Å². The van der Waals surface area contributed by atoms with Gasteiger partial charge in [-0.25, -0.2) is 0 Å². The SMILES string of the molecule is C[C@@H](c1ccccc1)N1CCCC2=CCC[C@H]21. The first-order valence-corrected chi connectivity index (χ1v) is 6.86. The Labute approximate surface area is 104 Å². The molecule has 3 rings (SSSR count). The summed E-state index contributed by atoms with van der Waals surface area (Å²) in [5.74, 6) is 0. The Morgan fingerprint density at radius 1 is 1.24 bits per heavy atom. The fourth-order valence-corrected chi connectivity index (χ4v) is 3.40.